The Kier molecular flexibility index (Phi) is 2.91. The van der Waals surface area contributed by atoms with E-state index in [1.165, 1.54) is 24.5 Å². The zero-order valence-electron chi connectivity index (χ0n) is 8.67. The Hall–Kier alpha value is -1.79. The zero-order chi connectivity index (χ0) is 12.5. The average Bonchev–Trinajstić information content (AvgIpc) is 2.29. The first kappa shape index (κ1) is 11.7. The number of rotatable bonds is 2. The summed E-state index contributed by atoms with van der Waals surface area (Å²) in [7, 11) is -3.88. The van der Waals surface area contributed by atoms with Crippen molar-refractivity contribution in [2.45, 2.75) is 4.90 Å². The molecule has 6 heteroatoms. The van der Waals surface area contributed by atoms with Crippen molar-refractivity contribution in [3.05, 3.63) is 48.5 Å². The van der Waals surface area contributed by atoms with E-state index < -0.39 is 15.8 Å². The van der Waals surface area contributed by atoms with Gasteiger partial charge in [0, 0.05) is 18.0 Å². The molecule has 0 spiro atoms. The molecule has 0 saturated heterocycles. The van der Waals surface area contributed by atoms with Crippen LogP contribution in [0.25, 0.3) is 11.1 Å². The number of hydrogen-bond acceptors (Lipinski definition) is 3. The van der Waals surface area contributed by atoms with Crippen molar-refractivity contribution < 1.29 is 12.8 Å². The van der Waals surface area contributed by atoms with Gasteiger partial charge in [-0.1, -0.05) is 6.07 Å². The maximum atomic E-state index is 13.7. The van der Waals surface area contributed by atoms with E-state index in [1.54, 1.807) is 12.1 Å². The lowest BCUT2D eigenvalue weighted by Gasteiger charge is -2.04. The predicted octanol–water partition coefficient (Wildman–Crippen LogP) is 1.54. The SMILES string of the molecule is NS(=O)(=O)c1ccc(-c2ccncc2)c(F)c1. The summed E-state index contributed by atoms with van der Waals surface area (Å²) in [6, 6.07) is 6.83. The fourth-order valence-corrected chi connectivity index (χ4v) is 1.96. The summed E-state index contributed by atoms with van der Waals surface area (Å²) in [6.07, 6.45) is 3.06. The number of nitrogens with two attached hydrogens (primary N) is 1. The van der Waals surface area contributed by atoms with E-state index in [0.29, 0.717) is 11.1 Å². The molecule has 0 aliphatic rings. The van der Waals surface area contributed by atoms with Gasteiger partial charge < -0.3 is 0 Å². The van der Waals surface area contributed by atoms with E-state index in [2.05, 4.69) is 4.98 Å². The minimum Gasteiger partial charge on any atom is -0.265 e. The Morgan fingerprint density at radius 3 is 2.29 bits per heavy atom. The van der Waals surface area contributed by atoms with Gasteiger partial charge in [0.2, 0.25) is 10.0 Å². The van der Waals surface area contributed by atoms with Crippen LogP contribution in [0.1, 0.15) is 0 Å². The second-order valence-corrected chi connectivity index (χ2v) is 4.98. The lowest BCUT2D eigenvalue weighted by atomic mass is 10.1. The van der Waals surface area contributed by atoms with Crippen LogP contribution < -0.4 is 5.14 Å². The third kappa shape index (κ3) is 2.48. The van der Waals surface area contributed by atoms with Gasteiger partial charge in [-0.25, -0.2) is 17.9 Å². The molecule has 0 radical (unpaired) electrons. The quantitative estimate of drug-likeness (QED) is 0.881. The standard InChI is InChI=1S/C11H9FN2O2S/c12-11-7-9(17(13,15)16)1-2-10(11)8-3-5-14-6-4-8/h1-7H,(H2,13,15,16). The Bertz CT molecular complexity index is 642. The smallest absolute Gasteiger partial charge is 0.238 e. The molecule has 0 bridgehead atoms. The van der Waals surface area contributed by atoms with Crippen LogP contribution in [0.15, 0.2) is 47.6 Å². The number of pyridine rings is 1. The van der Waals surface area contributed by atoms with Crippen LogP contribution in [0, 0.1) is 5.82 Å². The topological polar surface area (TPSA) is 73.1 Å². The number of nitrogens with zero attached hydrogens (tertiary/aromatic N) is 1. The maximum Gasteiger partial charge on any atom is 0.238 e. The van der Waals surface area contributed by atoms with Gasteiger partial charge in [0.15, 0.2) is 0 Å². The molecule has 0 unspecified atom stereocenters. The van der Waals surface area contributed by atoms with Crippen LogP contribution >= 0.6 is 0 Å². The van der Waals surface area contributed by atoms with Gasteiger partial charge >= 0.3 is 0 Å². The molecule has 2 N–H and O–H groups in total. The van der Waals surface area contributed by atoms with Crippen molar-refractivity contribution in [2.24, 2.45) is 5.14 Å². The minimum atomic E-state index is -3.88. The molecule has 1 heterocycles. The molecule has 0 atom stereocenters. The van der Waals surface area contributed by atoms with E-state index in [-0.39, 0.29) is 4.90 Å². The molecule has 4 nitrogen and oxygen atoms in total. The summed E-state index contributed by atoms with van der Waals surface area (Å²) in [4.78, 5) is 3.58. The highest BCUT2D eigenvalue weighted by Crippen LogP contribution is 2.23. The second-order valence-electron chi connectivity index (χ2n) is 3.42. The molecule has 1 aromatic heterocycles. The third-order valence-electron chi connectivity index (χ3n) is 2.26. The molecule has 0 aliphatic heterocycles. The summed E-state index contributed by atoms with van der Waals surface area (Å²) in [5, 5.41) is 4.91. The Labute approximate surface area is 98.0 Å². The van der Waals surface area contributed by atoms with Crippen LogP contribution in [-0.4, -0.2) is 13.4 Å². The molecule has 2 aromatic rings. The van der Waals surface area contributed by atoms with Crippen molar-refractivity contribution in [1.29, 1.82) is 0 Å². The monoisotopic (exact) mass is 252 g/mol. The first-order valence-corrected chi connectivity index (χ1v) is 6.26. The Morgan fingerprint density at radius 2 is 1.76 bits per heavy atom. The lowest BCUT2D eigenvalue weighted by Crippen LogP contribution is -2.12. The number of hydrogen-bond donors (Lipinski definition) is 1. The van der Waals surface area contributed by atoms with Gasteiger partial charge in [-0.3, -0.25) is 4.98 Å². The summed E-state index contributed by atoms with van der Waals surface area (Å²) in [5.41, 5.74) is 0.929. The molecule has 0 amide bonds. The van der Waals surface area contributed by atoms with Crippen molar-refractivity contribution in [3.63, 3.8) is 0 Å². The molecular formula is C11H9FN2O2S. The highest BCUT2D eigenvalue weighted by molar-refractivity contribution is 7.89. The van der Waals surface area contributed by atoms with Gasteiger partial charge in [-0.05, 0) is 29.8 Å². The molecule has 0 aliphatic carbocycles. The van der Waals surface area contributed by atoms with Crippen LogP contribution in [0.5, 0.6) is 0 Å². The van der Waals surface area contributed by atoms with E-state index in [1.807, 2.05) is 0 Å². The summed E-state index contributed by atoms with van der Waals surface area (Å²) < 4.78 is 35.8. The highest BCUT2D eigenvalue weighted by atomic mass is 32.2. The molecule has 1 aromatic carbocycles. The number of benzene rings is 1. The Morgan fingerprint density at radius 1 is 1.12 bits per heavy atom. The molecule has 0 saturated carbocycles. The van der Waals surface area contributed by atoms with E-state index in [0.717, 1.165) is 6.07 Å². The Balaban J connectivity index is 2.54. The molecular weight excluding hydrogens is 243 g/mol. The van der Waals surface area contributed by atoms with Gasteiger partial charge in [0.1, 0.15) is 5.82 Å². The lowest BCUT2D eigenvalue weighted by molar-refractivity contribution is 0.593. The first-order valence-electron chi connectivity index (χ1n) is 4.71. The summed E-state index contributed by atoms with van der Waals surface area (Å²) >= 11 is 0. The second kappa shape index (κ2) is 4.23. The normalized spacial score (nSPS) is 11.4. The van der Waals surface area contributed by atoms with E-state index in [4.69, 9.17) is 5.14 Å². The van der Waals surface area contributed by atoms with Crippen molar-refractivity contribution in [1.82, 2.24) is 4.98 Å². The third-order valence-corrected chi connectivity index (χ3v) is 3.17. The van der Waals surface area contributed by atoms with Crippen molar-refractivity contribution in [2.75, 3.05) is 0 Å². The highest BCUT2D eigenvalue weighted by Gasteiger charge is 2.12. The van der Waals surface area contributed by atoms with Gasteiger partial charge in [-0.2, -0.15) is 0 Å². The van der Waals surface area contributed by atoms with Crippen LogP contribution in [-0.2, 0) is 10.0 Å². The molecule has 0 fully saturated rings. The average molecular weight is 252 g/mol. The van der Waals surface area contributed by atoms with Crippen molar-refractivity contribution >= 4 is 10.0 Å². The zero-order valence-corrected chi connectivity index (χ0v) is 9.49. The summed E-state index contributed by atoms with van der Waals surface area (Å²) in [5.74, 6) is -0.636. The van der Waals surface area contributed by atoms with Gasteiger partial charge in [0.05, 0.1) is 4.90 Å². The van der Waals surface area contributed by atoms with Crippen LogP contribution in [0.3, 0.4) is 0 Å². The number of halogens is 1. The molecule has 17 heavy (non-hydrogen) atoms. The van der Waals surface area contributed by atoms with Gasteiger partial charge in [0.25, 0.3) is 0 Å². The van der Waals surface area contributed by atoms with Crippen molar-refractivity contribution in [3.8, 4) is 11.1 Å². The van der Waals surface area contributed by atoms with E-state index in [9.17, 15) is 12.8 Å². The summed E-state index contributed by atoms with van der Waals surface area (Å²) in [6.45, 7) is 0. The number of sulfonamides is 1. The largest absolute Gasteiger partial charge is 0.265 e. The fourth-order valence-electron chi connectivity index (χ4n) is 1.44. The predicted molar refractivity (Wildman–Crippen MR) is 61.0 cm³/mol. The van der Waals surface area contributed by atoms with Crippen LogP contribution in [0.2, 0.25) is 0 Å². The number of primary sulfonamides is 1. The maximum absolute atomic E-state index is 13.7. The van der Waals surface area contributed by atoms with E-state index >= 15 is 0 Å². The fraction of sp³-hybridized carbons (Fsp3) is 0. The first-order chi connectivity index (χ1) is 7.98. The molecule has 2 rings (SSSR count). The van der Waals surface area contributed by atoms with Gasteiger partial charge in [-0.15, -0.1) is 0 Å². The molecule has 88 valence electrons. The number of aromatic nitrogens is 1. The minimum absolute atomic E-state index is 0.243. The van der Waals surface area contributed by atoms with Crippen LogP contribution in [0.4, 0.5) is 4.39 Å².